The zero-order valence-electron chi connectivity index (χ0n) is 10.6. The van der Waals surface area contributed by atoms with Crippen LogP contribution in [0, 0.1) is 0 Å². The summed E-state index contributed by atoms with van der Waals surface area (Å²) in [6, 6.07) is 8.20. The van der Waals surface area contributed by atoms with E-state index in [1.807, 2.05) is 12.1 Å². The predicted molar refractivity (Wildman–Crippen MR) is 66.5 cm³/mol. The molecule has 6 nitrogen and oxygen atoms in total. The Labute approximate surface area is 106 Å². The first kappa shape index (κ1) is 12.7. The van der Waals surface area contributed by atoms with E-state index in [-0.39, 0.29) is 0 Å². The molecule has 0 bridgehead atoms. The molecule has 0 amide bonds. The first-order chi connectivity index (χ1) is 8.79. The Morgan fingerprint density at radius 3 is 2.67 bits per heavy atom. The fraction of sp³-hybridized carbons (Fsp3) is 0.417. The van der Waals surface area contributed by atoms with Gasteiger partial charge in [-0.1, -0.05) is 24.3 Å². The Balaban J connectivity index is 1.89. The molecule has 2 aromatic rings. The molecule has 1 aromatic heterocycles. The van der Waals surface area contributed by atoms with Gasteiger partial charge in [0.25, 0.3) is 0 Å². The highest BCUT2D eigenvalue weighted by molar-refractivity contribution is 5.26. The van der Waals surface area contributed by atoms with Crippen LogP contribution >= 0.6 is 0 Å². The lowest BCUT2D eigenvalue weighted by Crippen LogP contribution is -2.15. The first-order valence-electron chi connectivity index (χ1n) is 5.79. The second-order valence-electron chi connectivity index (χ2n) is 4.00. The molecular weight excluding hydrogens is 230 g/mol. The van der Waals surface area contributed by atoms with Crippen LogP contribution in [0.15, 0.2) is 24.3 Å². The van der Waals surface area contributed by atoms with Crippen LogP contribution in [0.1, 0.15) is 17.0 Å². The Bertz CT molecular complexity index is 497. The molecule has 1 N–H and O–H groups in total. The number of nitrogens with zero attached hydrogens (tertiary/aromatic N) is 4. The third-order valence-electron chi connectivity index (χ3n) is 2.57. The highest BCUT2D eigenvalue weighted by Crippen LogP contribution is 2.09. The summed E-state index contributed by atoms with van der Waals surface area (Å²) < 4.78 is 5.17. The third kappa shape index (κ3) is 3.35. The van der Waals surface area contributed by atoms with Gasteiger partial charge < -0.3 is 10.1 Å². The van der Waals surface area contributed by atoms with Crippen LogP contribution in [0.3, 0.4) is 0 Å². The number of hydrogen-bond donors (Lipinski definition) is 1. The minimum Gasteiger partial charge on any atom is -0.380 e. The minimum atomic E-state index is 0.606. The smallest absolute Gasteiger partial charge is 0.188 e. The number of rotatable bonds is 6. The number of aromatic nitrogens is 4. The van der Waals surface area contributed by atoms with Gasteiger partial charge in [0.15, 0.2) is 5.82 Å². The molecule has 6 heteroatoms. The van der Waals surface area contributed by atoms with Gasteiger partial charge >= 0.3 is 0 Å². The van der Waals surface area contributed by atoms with Gasteiger partial charge in [0, 0.05) is 13.7 Å². The van der Waals surface area contributed by atoms with Crippen molar-refractivity contribution < 1.29 is 4.74 Å². The average Bonchev–Trinajstić information content (AvgIpc) is 2.78. The molecule has 0 aliphatic carbocycles. The predicted octanol–water partition coefficient (Wildman–Crippen LogP) is 0.646. The monoisotopic (exact) mass is 247 g/mol. The molecule has 1 aromatic carbocycles. The molecule has 0 saturated carbocycles. The number of nitrogens with one attached hydrogen (secondary N) is 1. The van der Waals surface area contributed by atoms with E-state index >= 15 is 0 Å². The number of hydrogen-bond acceptors (Lipinski definition) is 5. The molecule has 2 rings (SSSR count). The van der Waals surface area contributed by atoms with Gasteiger partial charge in [0.1, 0.15) is 0 Å². The zero-order valence-corrected chi connectivity index (χ0v) is 10.6. The maximum absolute atomic E-state index is 5.17. The Hall–Kier alpha value is -1.79. The summed E-state index contributed by atoms with van der Waals surface area (Å²) in [6.07, 6.45) is 0. The number of benzene rings is 1. The number of methoxy groups -OCH3 is 1. The van der Waals surface area contributed by atoms with Crippen LogP contribution in [0.2, 0.25) is 0 Å². The van der Waals surface area contributed by atoms with Crippen molar-refractivity contribution in [2.24, 2.45) is 7.05 Å². The Morgan fingerprint density at radius 2 is 2.00 bits per heavy atom. The van der Waals surface area contributed by atoms with Crippen molar-refractivity contribution in [2.75, 3.05) is 7.11 Å². The van der Waals surface area contributed by atoms with Crippen molar-refractivity contribution in [1.29, 1.82) is 0 Å². The van der Waals surface area contributed by atoms with Crippen molar-refractivity contribution in [3.8, 4) is 0 Å². The molecule has 1 heterocycles. The fourth-order valence-electron chi connectivity index (χ4n) is 1.73. The Morgan fingerprint density at radius 1 is 1.22 bits per heavy atom. The van der Waals surface area contributed by atoms with Crippen molar-refractivity contribution in [2.45, 2.75) is 19.7 Å². The summed E-state index contributed by atoms with van der Waals surface area (Å²) in [4.78, 5) is 1.45. The fourth-order valence-corrected chi connectivity index (χ4v) is 1.73. The summed E-state index contributed by atoms with van der Waals surface area (Å²) in [5.74, 6) is 0.696. The summed E-state index contributed by atoms with van der Waals surface area (Å²) in [6.45, 7) is 1.99. The van der Waals surface area contributed by atoms with Gasteiger partial charge in [-0.15, -0.1) is 10.2 Å². The van der Waals surface area contributed by atoms with Crippen LogP contribution in [0.5, 0.6) is 0 Å². The van der Waals surface area contributed by atoms with Gasteiger partial charge in [0.05, 0.1) is 20.2 Å². The second kappa shape index (κ2) is 6.23. The maximum atomic E-state index is 5.17. The highest BCUT2D eigenvalue weighted by atomic mass is 16.5. The van der Waals surface area contributed by atoms with Gasteiger partial charge in [-0.3, -0.25) is 0 Å². The number of aryl methyl sites for hydroxylation is 1. The normalized spacial score (nSPS) is 10.8. The summed E-state index contributed by atoms with van der Waals surface area (Å²) in [7, 11) is 3.46. The summed E-state index contributed by atoms with van der Waals surface area (Å²) in [5.41, 5.74) is 2.42. The van der Waals surface area contributed by atoms with Crippen LogP contribution in [0.25, 0.3) is 0 Å². The van der Waals surface area contributed by atoms with E-state index in [1.54, 1.807) is 14.2 Å². The van der Waals surface area contributed by atoms with E-state index in [2.05, 4.69) is 32.9 Å². The third-order valence-corrected chi connectivity index (χ3v) is 2.57. The van der Waals surface area contributed by atoms with E-state index < -0.39 is 0 Å². The summed E-state index contributed by atoms with van der Waals surface area (Å²) >= 11 is 0. The molecule has 18 heavy (non-hydrogen) atoms. The van der Waals surface area contributed by atoms with E-state index in [0.29, 0.717) is 19.0 Å². The SMILES string of the molecule is COCc1ccccc1CNCc1nnn(C)n1. The van der Waals surface area contributed by atoms with Gasteiger partial charge in [-0.05, 0) is 16.3 Å². The van der Waals surface area contributed by atoms with Crippen LogP contribution in [0.4, 0.5) is 0 Å². The second-order valence-corrected chi connectivity index (χ2v) is 4.00. The van der Waals surface area contributed by atoms with Crippen molar-refractivity contribution in [3.05, 3.63) is 41.2 Å². The molecule has 0 spiro atoms. The maximum Gasteiger partial charge on any atom is 0.188 e. The molecule has 96 valence electrons. The van der Waals surface area contributed by atoms with Gasteiger partial charge in [-0.25, -0.2) is 0 Å². The van der Waals surface area contributed by atoms with Crippen molar-refractivity contribution >= 4 is 0 Å². The summed E-state index contributed by atoms with van der Waals surface area (Å²) in [5, 5.41) is 15.1. The van der Waals surface area contributed by atoms with E-state index in [4.69, 9.17) is 4.74 Å². The molecule has 0 fully saturated rings. The molecule has 0 aliphatic rings. The lowest BCUT2D eigenvalue weighted by Gasteiger charge is -2.08. The van der Waals surface area contributed by atoms with Gasteiger partial charge in [-0.2, -0.15) is 4.80 Å². The first-order valence-corrected chi connectivity index (χ1v) is 5.79. The van der Waals surface area contributed by atoms with Crippen LogP contribution in [-0.2, 0) is 31.5 Å². The molecular formula is C12H17N5O. The molecule has 0 unspecified atom stereocenters. The lowest BCUT2D eigenvalue weighted by atomic mass is 10.1. The van der Waals surface area contributed by atoms with Crippen LogP contribution < -0.4 is 5.32 Å². The lowest BCUT2D eigenvalue weighted by molar-refractivity contribution is 0.184. The van der Waals surface area contributed by atoms with Gasteiger partial charge in [0.2, 0.25) is 0 Å². The topological polar surface area (TPSA) is 64.9 Å². The standard InChI is InChI=1S/C12H17N5O/c1-17-15-12(14-16-17)8-13-7-10-5-3-4-6-11(10)9-18-2/h3-6,13H,7-9H2,1-2H3. The van der Waals surface area contributed by atoms with Crippen LogP contribution in [-0.4, -0.2) is 27.3 Å². The van der Waals surface area contributed by atoms with Crippen molar-refractivity contribution in [3.63, 3.8) is 0 Å². The van der Waals surface area contributed by atoms with E-state index in [9.17, 15) is 0 Å². The number of tetrazole rings is 1. The molecule has 0 atom stereocenters. The molecule has 0 saturated heterocycles. The highest BCUT2D eigenvalue weighted by Gasteiger charge is 2.03. The van der Waals surface area contributed by atoms with Crippen molar-refractivity contribution in [1.82, 2.24) is 25.5 Å². The Kier molecular flexibility index (Phi) is 4.38. The average molecular weight is 247 g/mol. The molecule has 0 aliphatic heterocycles. The number of ether oxygens (including phenoxy) is 1. The largest absolute Gasteiger partial charge is 0.380 e. The zero-order chi connectivity index (χ0) is 12.8. The molecule has 0 radical (unpaired) electrons. The minimum absolute atomic E-state index is 0.606. The quantitative estimate of drug-likeness (QED) is 0.811. The van der Waals surface area contributed by atoms with E-state index in [0.717, 1.165) is 6.54 Å². The van der Waals surface area contributed by atoms with E-state index in [1.165, 1.54) is 15.9 Å².